The number of phenolic OH excluding ortho intramolecular Hbond substituents is 1. The molecule has 0 aliphatic rings. The number of aromatic hydroxyl groups is 1. The fraction of sp³-hybridized carbons (Fsp3) is 0.467. The predicted octanol–water partition coefficient (Wildman–Crippen LogP) is 0.191. The monoisotopic (exact) mass is 615 g/mol. The van der Waals surface area contributed by atoms with Gasteiger partial charge in [0.2, 0.25) is 17.7 Å². The van der Waals surface area contributed by atoms with Crippen molar-refractivity contribution in [2.75, 3.05) is 18.6 Å². The molecule has 1 unspecified atom stereocenters. The molecule has 0 aromatic heterocycles. The Bertz CT molecular complexity index is 1220. The molecule has 236 valence electrons. The van der Waals surface area contributed by atoms with Crippen LogP contribution >= 0.6 is 0 Å². The lowest BCUT2D eigenvalue weighted by atomic mass is 10.0. The number of nitrogens with two attached hydrogens (primary N) is 3. The number of carbonyl (C=O) groups is 3. The number of amidine groups is 1. The number of unbranched alkanes of at least 4 members (excludes halogenated alkanes) is 1. The normalized spacial score (nSPS) is 15.1. The first-order chi connectivity index (χ1) is 20.5. The van der Waals surface area contributed by atoms with Crippen LogP contribution in [0, 0.1) is 0 Å². The van der Waals surface area contributed by atoms with Crippen molar-refractivity contribution in [3.63, 3.8) is 0 Å². The van der Waals surface area contributed by atoms with Gasteiger partial charge in [-0.3, -0.25) is 28.9 Å². The van der Waals surface area contributed by atoms with Crippen LogP contribution in [0.2, 0.25) is 0 Å². The number of hydrogen-bond donors (Lipinski definition) is 7. The van der Waals surface area contributed by atoms with E-state index < -0.39 is 52.8 Å². The van der Waals surface area contributed by atoms with Gasteiger partial charge in [-0.2, -0.15) is 0 Å². The van der Waals surface area contributed by atoms with Crippen molar-refractivity contribution >= 4 is 34.4 Å². The zero-order chi connectivity index (χ0) is 31.8. The van der Waals surface area contributed by atoms with Gasteiger partial charge >= 0.3 is 0 Å². The van der Waals surface area contributed by atoms with E-state index in [1.54, 1.807) is 19.1 Å². The number of nitrogens with one attached hydrogen (secondary N) is 3. The molecule has 0 aliphatic heterocycles. The average Bonchev–Trinajstić information content (AvgIpc) is 2.95. The second-order valence-corrected chi connectivity index (χ2v) is 12.0. The Balaban J connectivity index is 2.28. The molecule has 0 saturated heterocycles. The van der Waals surface area contributed by atoms with E-state index in [1.807, 2.05) is 30.3 Å². The van der Waals surface area contributed by atoms with E-state index in [1.165, 1.54) is 18.4 Å². The Morgan fingerprint density at radius 1 is 0.884 bits per heavy atom. The third-order valence-corrected chi connectivity index (χ3v) is 7.46. The van der Waals surface area contributed by atoms with E-state index >= 15 is 0 Å². The van der Waals surface area contributed by atoms with Gasteiger partial charge in [0.1, 0.15) is 17.8 Å². The van der Waals surface area contributed by atoms with Crippen LogP contribution in [0.1, 0.15) is 43.7 Å². The van der Waals surface area contributed by atoms with Gasteiger partial charge in [0.15, 0.2) is 0 Å². The maximum atomic E-state index is 13.7. The lowest BCUT2D eigenvalue weighted by molar-refractivity contribution is -0.130. The summed E-state index contributed by atoms with van der Waals surface area (Å²) in [6, 6.07) is 13.1. The summed E-state index contributed by atoms with van der Waals surface area (Å²) in [5.74, 6) is -1.17. The molecule has 43 heavy (non-hydrogen) atoms. The summed E-state index contributed by atoms with van der Waals surface area (Å²) in [4.78, 5) is 43.6. The van der Waals surface area contributed by atoms with Crippen molar-refractivity contribution in [1.82, 2.24) is 16.0 Å². The molecule has 0 radical (unpaired) electrons. The highest BCUT2D eigenvalue weighted by molar-refractivity contribution is 7.84. The molecule has 0 aliphatic carbocycles. The lowest BCUT2D eigenvalue weighted by Crippen LogP contribution is -2.59. The minimum atomic E-state index is -1.22. The minimum Gasteiger partial charge on any atom is -0.508 e. The van der Waals surface area contributed by atoms with Crippen LogP contribution in [-0.4, -0.2) is 75.7 Å². The first-order valence-corrected chi connectivity index (χ1v) is 16.0. The number of amides is 3. The van der Waals surface area contributed by atoms with Crippen molar-refractivity contribution in [2.24, 2.45) is 22.2 Å². The number of nitrogens with zero attached hydrogens (tertiary/aromatic N) is 1. The van der Waals surface area contributed by atoms with Crippen LogP contribution in [0.3, 0.4) is 0 Å². The van der Waals surface area contributed by atoms with Crippen molar-refractivity contribution < 1.29 is 23.7 Å². The van der Waals surface area contributed by atoms with Gasteiger partial charge in [-0.25, -0.2) is 0 Å². The first-order valence-electron chi connectivity index (χ1n) is 14.3. The van der Waals surface area contributed by atoms with Crippen molar-refractivity contribution in [3.8, 4) is 5.75 Å². The van der Waals surface area contributed by atoms with Gasteiger partial charge in [-0.1, -0.05) is 48.9 Å². The second kappa shape index (κ2) is 18.7. The van der Waals surface area contributed by atoms with Crippen molar-refractivity contribution in [3.05, 3.63) is 65.7 Å². The van der Waals surface area contributed by atoms with E-state index in [0.29, 0.717) is 25.8 Å². The fourth-order valence-electron chi connectivity index (χ4n) is 4.44. The third kappa shape index (κ3) is 13.8. The Kier molecular flexibility index (Phi) is 15.4. The van der Waals surface area contributed by atoms with Crippen molar-refractivity contribution in [1.29, 1.82) is 0 Å². The number of benzene rings is 2. The molecule has 0 spiro atoms. The summed E-state index contributed by atoms with van der Waals surface area (Å²) in [7, 11) is -1.22. The molecule has 2 aromatic carbocycles. The van der Waals surface area contributed by atoms with E-state index in [9.17, 15) is 23.7 Å². The highest BCUT2D eigenvalue weighted by Crippen LogP contribution is 2.13. The molecular formula is C30H45N7O5S. The maximum Gasteiger partial charge on any atom is 0.245 e. The molecule has 13 heteroatoms. The molecule has 5 atom stereocenters. The zero-order valence-electron chi connectivity index (χ0n) is 24.8. The van der Waals surface area contributed by atoms with E-state index in [4.69, 9.17) is 17.2 Å². The van der Waals surface area contributed by atoms with Gasteiger partial charge in [-0.15, -0.1) is 0 Å². The summed E-state index contributed by atoms with van der Waals surface area (Å²) in [5.41, 5.74) is 18.7. The van der Waals surface area contributed by atoms with Crippen LogP contribution in [0.15, 0.2) is 59.6 Å². The summed E-state index contributed by atoms with van der Waals surface area (Å²) in [6.07, 6.45) is 3.28. The lowest BCUT2D eigenvalue weighted by Gasteiger charge is -2.28. The summed E-state index contributed by atoms with van der Waals surface area (Å²) >= 11 is 0. The number of primary amides is 1. The van der Waals surface area contributed by atoms with Crippen LogP contribution in [-0.2, 0) is 38.0 Å². The highest BCUT2D eigenvalue weighted by atomic mass is 32.2. The fourth-order valence-corrected chi connectivity index (χ4v) is 5.00. The van der Waals surface area contributed by atoms with Crippen LogP contribution < -0.4 is 33.2 Å². The molecule has 3 amide bonds. The quantitative estimate of drug-likeness (QED) is 0.0500. The number of hydrogen-bond acceptors (Lipinski definition) is 8. The van der Waals surface area contributed by atoms with E-state index in [0.717, 1.165) is 17.5 Å². The largest absolute Gasteiger partial charge is 0.508 e. The molecular weight excluding hydrogens is 570 g/mol. The van der Waals surface area contributed by atoms with Crippen LogP contribution in [0.25, 0.3) is 0 Å². The minimum absolute atomic E-state index is 0.0872. The Morgan fingerprint density at radius 3 is 2.12 bits per heavy atom. The Morgan fingerprint density at radius 2 is 1.53 bits per heavy atom. The number of carbonyl (C=O) groups excluding carboxylic acids is 3. The van der Waals surface area contributed by atoms with Gasteiger partial charge in [0.05, 0.1) is 18.0 Å². The zero-order valence-corrected chi connectivity index (χ0v) is 25.6. The second-order valence-electron chi connectivity index (χ2n) is 10.4. The Hall–Kier alpha value is -3.81. The average molecular weight is 616 g/mol. The molecule has 0 saturated carbocycles. The van der Waals surface area contributed by atoms with E-state index in [-0.39, 0.29) is 30.2 Å². The maximum absolute atomic E-state index is 13.7. The topological polar surface area (TPSA) is 215 Å². The van der Waals surface area contributed by atoms with E-state index in [2.05, 4.69) is 20.9 Å². The molecule has 0 heterocycles. The number of rotatable bonds is 19. The number of aliphatic imine (C=N–C) groups is 1. The number of phenols is 1. The predicted molar refractivity (Wildman–Crippen MR) is 169 cm³/mol. The standard InChI is InChI=1S/C30H45N7O5S/c1-20(32)34-26(18-22-11-13-23(38)14-12-22)30(41)36-25(15-17-43(2)42)29(40)37-27(19-21-8-4-3-5-9-21)35-24(28(33)39)10-6-7-16-31/h3-5,8-9,11-14,24-27,35,38H,6-7,10,15-19,31H2,1-2H3,(H2,32,34)(H2,33,39)(H,36,41)(H,37,40)/t24-,25+,26-,27-,43?/m0/s1. The SMILES string of the molecule is CC(N)=N[C@@H](Cc1ccc(O)cc1)C(=O)N[C@H](CCS(C)=O)C(=O)N[C@@H](Cc1ccccc1)N[C@@H](CCCCN)C(N)=O. The highest BCUT2D eigenvalue weighted by Gasteiger charge is 2.29. The smallest absolute Gasteiger partial charge is 0.245 e. The molecule has 0 bridgehead atoms. The van der Waals surface area contributed by atoms with Gasteiger partial charge in [-0.05, 0) is 56.0 Å². The summed E-state index contributed by atoms with van der Waals surface area (Å²) in [6.45, 7) is 2.04. The molecule has 12 nitrogen and oxygen atoms in total. The summed E-state index contributed by atoms with van der Waals surface area (Å²) in [5, 5.41) is 18.5. The molecule has 2 rings (SSSR count). The van der Waals surface area contributed by atoms with Gasteiger partial charge in [0, 0.05) is 35.6 Å². The van der Waals surface area contributed by atoms with Crippen LogP contribution in [0.4, 0.5) is 0 Å². The first kappa shape index (κ1) is 35.4. The van der Waals surface area contributed by atoms with Crippen LogP contribution in [0.5, 0.6) is 5.75 Å². The molecule has 10 N–H and O–H groups in total. The van der Waals surface area contributed by atoms with Gasteiger partial charge in [0.25, 0.3) is 0 Å². The van der Waals surface area contributed by atoms with Gasteiger partial charge < -0.3 is 32.9 Å². The molecule has 0 fully saturated rings. The third-order valence-electron chi connectivity index (χ3n) is 6.65. The van der Waals surface area contributed by atoms with Crippen molar-refractivity contribution in [2.45, 2.75) is 69.7 Å². The molecule has 2 aromatic rings. The summed E-state index contributed by atoms with van der Waals surface area (Å²) < 4.78 is 11.9. The Labute approximate surface area is 255 Å².